The number of aliphatic hydroxyl groups is 1. The molecule has 2 rings (SSSR count). The predicted octanol–water partition coefficient (Wildman–Crippen LogP) is 1.96. The molecule has 0 spiro atoms. The summed E-state index contributed by atoms with van der Waals surface area (Å²) in [4.78, 5) is 15.8. The number of halogens is 1. The number of carbonyl (C=O) groups is 1. The standard InChI is InChI=1S/C14H17ClN4O3/c1-2-11(8-20)17-14(21)16-7-12-18-13(19-22-12)9-4-3-5-10(15)6-9/h3-6,11,20H,2,7-8H2,1H3,(H2,16,17,21). The highest BCUT2D eigenvalue weighted by atomic mass is 35.5. The second kappa shape index (κ2) is 7.77. The van der Waals surface area contributed by atoms with Crippen molar-refractivity contribution in [1.29, 1.82) is 0 Å². The van der Waals surface area contributed by atoms with Gasteiger partial charge in [-0.1, -0.05) is 35.8 Å². The van der Waals surface area contributed by atoms with Gasteiger partial charge in [0.1, 0.15) is 0 Å². The minimum atomic E-state index is -0.400. The molecule has 7 nitrogen and oxygen atoms in total. The van der Waals surface area contributed by atoms with E-state index >= 15 is 0 Å². The molecule has 22 heavy (non-hydrogen) atoms. The number of nitrogens with one attached hydrogen (secondary N) is 2. The summed E-state index contributed by atoms with van der Waals surface area (Å²) < 4.78 is 5.07. The van der Waals surface area contributed by atoms with Gasteiger partial charge in [0.2, 0.25) is 11.7 Å². The zero-order valence-corrected chi connectivity index (χ0v) is 12.8. The van der Waals surface area contributed by atoms with Crippen LogP contribution in [0.2, 0.25) is 5.02 Å². The number of urea groups is 1. The molecule has 2 aromatic rings. The number of nitrogens with zero attached hydrogens (tertiary/aromatic N) is 2. The van der Waals surface area contributed by atoms with Gasteiger partial charge >= 0.3 is 6.03 Å². The Labute approximate surface area is 132 Å². The van der Waals surface area contributed by atoms with Gasteiger partial charge in [-0.3, -0.25) is 0 Å². The van der Waals surface area contributed by atoms with E-state index < -0.39 is 6.03 Å². The molecule has 2 amide bonds. The van der Waals surface area contributed by atoms with Crippen molar-refractivity contribution < 1.29 is 14.4 Å². The van der Waals surface area contributed by atoms with Crippen LogP contribution in [-0.4, -0.2) is 33.9 Å². The number of carbonyl (C=O) groups excluding carboxylic acids is 1. The van der Waals surface area contributed by atoms with Crippen LogP contribution < -0.4 is 10.6 Å². The average molecular weight is 325 g/mol. The lowest BCUT2D eigenvalue weighted by Crippen LogP contribution is -2.43. The molecule has 1 unspecified atom stereocenters. The Morgan fingerprint density at radius 3 is 3.00 bits per heavy atom. The van der Waals surface area contributed by atoms with Crippen LogP contribution in [-0.2, 0) is 6.54 Å². The molecule has 8 heteroatoms. The van der Waals surface area contributed by atoms with Crippen LogP contribution in [0.3, 0.4) is 0 Å². The Balaban J connectivity index is 1.91. The van der Waals surface area contributed by atoms with Gasteiger partial charge in [-0.25, -0.2) is 4.79 Å². The maximum atomic E-state index is 11.6. The number of aromatic nitrogens is 2. The second-order valence-corrected chi connectivity index (χ2v) is 5.07. The Kier molecular flexibility index (Phi) is 5.74. The summed E-state index contributed by atoms with van der Waals surface area (Å²) in [7, 11) is 0. The van der Waals surface area contributed by atoms with E-state index in [1.807, 2.05) is 13.0 Å². The third kappa shape index (κ3) is 4.44. The van der Waals surface area contributed by atoms with Gasteiger partial charge in [0.15, 0.2) is 0 Å². The topological polar surface area (TPSA) is 100 Å². The number of rotatable bonds is 6. The molecule has 0 saturated heterocycles. The number of hydrogen-bond acceptors (Lipinski definition) is 5. The monoisotopic (exact) mass is 324 g/mol. The first kappa shape index (κ1) is 16.3. The molecule has 0 aliphatic carbocycles. The van der Waals surface area contributed by atoms with Gasteiger partial charge < -0.3 is 20.3 Å². The van der Waals surface area contributed by atoms with Gasteiger partial charge in [0.05, 0.1) is 19.2 Å². The Morgan fingerprint density at radius 1 is 1.50 bits per heavy atom. The molecule has 118 valence electrons. The van der Waals surface area contributed by atoms with Gasteiger partial charge in [-0.05, 0) is 18.6 Å². The van der Waals surface area contributed by atoms with Gasteiger partial charge in [0.25, 0.3) is 0 Å². The molecule has 1 aromatic carbocycles. The minimum absolute atomic E-state index is 0.0985. The first-order valence-electron chi connectivity index (χ1n) is 6.86. The highest BCUT2D eigenvalue weighted by Crippen LogP contribution is 2.19. The van der Waals surface area contributed by atoms with Crippen LogP contribution in [0.4, 0.5) is 4.79 Å². The maximum Gasteiger partial charge on any atom is 0.315 e. The van der Waals surface area contributed by atoms with Gasteiger partial charge in [0, 0.05) is 10.6 Å². The summed E-state index contributed by atoms with van der Waals surface area (Å²) in [5.74, 6) is 0.684. The highest BCUT2D eigenvalue weighted by molar-refractivity contribution is 6.30. The van der Waals surface area contributed by atoms with E-state index in [1.54, 1.807) is 18.2 Å². The van der Waals surface area contributed by atoms with Gasteiger partial charge in [-0.15, -0.1) is 0 Å². The molecule has 0 aliphatic heterocycles. The molecular weight excluding hydrogens is 308 g/mol. The summed E-state index contributed by atoms with van der Waals surface area (Å²) in [6.45, 7) is 1.86. The van der Waals surface area contributed by atoms with Crippen LogP contribution in [0.25, 0.3) is 11.4 Å². The normalized spacial score (nSPS) is 12.0. The van der Waals surface area contributed by atoms with Crippen molar-refractivity contribution in [3.8, 4) is 11.4 Å². The summed E-state index contributed by atoms with van der Waals surface area (Å²) in [5, 5.41) is 18.7. The lowest BCUT2D eigenvalue weighted by atomic mass is 10.2. The molecule has 1 atom stereocenters. The summed E-state index contributed by atoms with van der Waals surface area (Å²) in [6.07, 6.45) is 0.642. The van der Waals surface area contributed by atoms with E-state index in [-0.39, 0.29) is 25.1 Å². The lowest BCUT2D eigenvalue weighted by Gasteiger charge is -2.13. The molecule has 1 aromatic heterocycles. The average Bonchev–Trinajstić information content (AvgIpc) is 2.99. The van der Waals surface area contributed by atoms with Crippen molar-refractivity contribution in [3.63, 3.8) is 0 Å². The van der Waals surface area contributed by atoms with E-state index in [1.165, 1.54) is 0 Å². The fourth-order valence-corrected chi connectivity index (χ4v) is 1.93. The molecular formula is C14H17ClN4O3. The van der Waals surface area contributed by atoms with E-state index in [9.17, 15) is 4.79 Å². The summed E-state index contributed by atoms with van der Waals surface area (Å²) in [5.41, 5.74) is 0.735. The third-order valence-corrected chi connectivity index (χ3v) is 3.23. The van der Waals surface area contributed by atoms with Crippen LogP contribution in [0.1, 0.15) is 19.2 Å². The SMILES string of the molecule is CCC(CO)NC(=O)NCc1nc(-c2cccc(Cl)c2)no1. The third-order valence-electron chi connectivity index (χ3n) is 3.00. The van der Waals surface area contributed by atoms with Crippen LogP contribution in [0.15, 0.2) is 28.8 Å². The fourth-order valence-electron chi connectivity index (χ4n) is 1.74. The fraction of sp³-hybridized carbons (Fsp3) is 0.357. The van der Waals surface area contributed by atoms with Crippen LogP contribution in [0, 0.1) is 0 Å². The molecule has 1 heterocycles. The van der Waals surface area contributed by atoms with E-state index in [4.69, 9.17) is 21.2 Å². The van der Waals surface area contributed by atoms with Crippen molar-refractivity contribution in [2.24, 2.45) is 0 Å². The molecule has 3 N–H and O–H groups in total. The van der Waals surface area contributed by atoms with Gasteiger partial charge in [-0.2, -0.15) is 4.98 Å². The Morgan fingerprint density at radius 2 is 2.32 bits per heavy atom. The van der Waals surface area contributed by atoms with Crippen molar-refractivity contribution in [1.82, 2.24) is 20.8 Å². The maximum absolute atomic E-state index is 11.6. The first-order chi connectivity index (χ1) is 10.6. The molecule has 0 radical (unpaired) electrons. The highest BCUT2D eigenvalue weighted by Gasteiger charge is 2.12. The molecule has 0 bridgehead atoms. The van der Waals surface area contributed by atoms with E-state index in [0.717, 1.165) is 5.56 Å². The van der Waals surface area contributed by atoms with E-state index in [2.05, 4.69) is 20.8 Å². The smallest absolute Gasteiger partial charge is 0.315 e. The van der Waals surface area contributed by atoms with Crippen molar-refractivity contribution >= 4 is 17.6 Å². The number of aliphatic hydroxyl groups excluding tert-OH is 1. The zero-order chi connectivity index (χ0) is 15.9. The van der Waals surface area contributed by atoms with Crippen LogP contribution in [0.5, 0.6) is 0 Å². The van der Waals surface area contributed by atoms with Crippen molar-refractivity contribution in [2.75, 3.05) is 6.61 Å². The number of benzene rings is 1. The summed E-state index contributed by atoms with van der Waals surface area (Å²) >= 11 is 5.91. The first-order valence-corrected chi connectivity index (χ1v) is 7.24. The van der Waals surface area contributed by atoms with Crippen molar-refractivity contribution in [2.45, 2.75) is 25.9 Å². The Hall–Kier alpha value is -2.12. The minimum Gasteiger partial charge on any atom is -0.394 e. The number of amides is 2. The second-order valence-electron chi connectivity index (χ2n) is 4.64. The largest absolute Gasteiger partial charge is 0.394 e. The van der Waals surface area contributed by atoms with E-state index in [0.29, 0.717) is 17.3 Å². The quantitative estimate of drug-likeness (QED) is 0.754. The lowest BCUT2D eigenvalue weighted by molar-refractivity contribution is 0.213. The predicted molar refractivity (Wildman–Crippen MR) is 81.3 cm³/mol. The van der Waals surface area contributed by atoms with Crippen LogP contribution >= 0.6 is 11.6 Å². The molecule has 0 fully saturated rings. The Bertz CT molecular complexity index is 628. The number of hydrogen-bond donors (Lipinski definition) is 3. The molecule has 0 saturated carbocycles. The van der Waals surface area contributed by atoms with Crippen molar-refractivity contribution in [3.05, 3.63) is 35.2 Å². The summed E-state index contributed by atoms with van der Waals surface area (Å²) in [6, 6.07) is 6.41. The zero-order valence-electron chi connectivity index (χ0n) is 12.0. The molecule has 0 aliphatic rings.